The Morgan fingerprint density at radius 1 is 1.53 bits per heavy atom. The minimum absolute atomic E-state index is 0.0710. The number of fused-ring (bicyclic) bond motifs is 1. The van der Waals surface area contributed by atoms with E-state index in [1.807, 2.05) is 11.8 Å². The third kappa shape index (κ3) is 2.67. The van der Waals surface area contributed by atoms with E-state index in [0.29, 0.717) is 6.42 Å². The molecule has 1 heterocycles. The number of benzene rings is 1. The van der Waals surface area contributed by atoms with Crippen molar-refractivity contribution in [3.8, 4) is 0 Å². The summed E-state index contributed by atoms with van der Waals surface area (Å²) in [6, 6.07) is 6.23. The molecule has 3 heteroatoms. The first-order valence-electron chi connectivity index (χ1n) is 6.23. The largest absolute Gasteiger partial charge is 0.327 e. The summed E-state index contributed by atoms with van der Waals surface area (Å²) >= 11 is 0. The lowest BCUT2D eigenvalue weighted by Crippen LogP contribution is -2.38. The van der Waals surface area contributed by atoms with Gasteiger partial charge in [0.1, 0.15) is 0 Å². The number of rotatable bonds is 2. The zero-order valence-electron chi connectivity index (χ0n) is 10.6. The summed E-state index contributed by atoms with van der Waals surface area (Å²) in [5.41, 5.74) is 9.31. The topological polar surface area (TPSA) is 46.3 Å². The third-order valence-electron chi connectivity index (χ3n) is 3.15. The Morgan fingerprint density at radius 2 is 2.29 bits per heavy atom. The van der Waals surface area contributed by atoms with Gasteiger partial charge in [-0.15, -0.1) is 0 Å². The molecule has 0 saturated heterocycles. The molecule has 3 nitrogen and oxygen atoms in total. The van der Waals surface area contributed by atoms with Gasteiger partial charge in [0.25, 0.3) is 0 Å². The van der Waals surface area contributed by atoms with Gasteiger partial charge in [0.2, 0.25) is 5.91 Å². The molecule has 2 N–H and O–H groups in total. The Hall–Kier alpha value is -1.35. The van der Waals surface area contributed by atoms with E-state index in [9.17, 15) is 4.79 Å². The maximum absolute atomic E-state index is 12.1. The van der Waals surface area contributed by atoms with Crippen LogP contribution < -0.4 is 10.6 Å². The second kappa shape index (κ2) is 4.88. The van der Waals surface area contributed by atoms with E-state index < -0.39 is 0 Å². The van der Waals surface area contributed by atoms with E-state index in [1.165, 1.54) is 11.1 Å². The predicted molar refractivity (Wildman–Crippen MR) is 70.1 cm³/mol. The van der Waals surface area contributed by atoms with Gasteiger partial charge >= 0.3 is 0 Å². The first-order valence-corrected chi connectivity index (χ1v) is 6.23. The SMILES string of the molecule is Cc1ccc2c(c1)CCCN2C(=O)CC(C)N. The Morgan fingerprint density at radius 3 is 3.00 bits per heavy atom. The first kappa shape index (κ1) is 12.1. The molecular formula is C14H20N2O. The van der Waals surface area contributed by atoms with Crippen molar-refractivity contribution in [1.82, 2.24) is 0 Å². The molecule has 0 aromatic heterocycles. The van der Waals surface area contributed by atoms with E-state index in [0.717, 1.165) is 25.1 Å². The van der Waals surface area contributed by atoms with Crippen molar-refractivity contribution in [1.29, 1.82) is 0 Å². The summed E-state index contributed by atoms with van der Waals surface area (Å²) in [4.78, 5) is 14.0. The number of carbonyl (C=O) groups excluding carboxylic acids is 1. The van der Waals surface area contributed by atoms with Crippen LogP contribution in [0.4, 0.5) is 5.69 Å². The fraction of sp³-hybridized carbons (Fsp3) is 0.500. The number of nitrogens with two attached hydrogens (primary N) is 1. The molecule has 1 aliphatic rings. The molecule has 92 valence electrons. The minimum atomic E-state index is -0.0710. The van der Waals surface area contributed by atoms with Crippen molar-refractivity contribution in [2.75, 3.05) is 11.4 Å². The Labute approximate surface area is 103 Å². The highest BCUT2D eigenvalue weighted by Crippen LogP contribution is 2.28. The van der Waals surface area contributed by atoms with Gasteiger partial charge in [0.15, 0.2) is 0 Å². The number of hydrogen-bond donors (Lipinski definition) is 1. The monoisotopic (exact) mass is 232 g/mol. The molecule has 0 fully saturated rings. The number of nitrogens with zero attached hydrogens (tertiary/aromatic N) is 1. The fourth-order valence-electron chi connectivity index (χ4n) is 2.37. The Kier molecular flexibility index (Phi) is 3.48. The van der Waals surface area contributed by atoms with Crippen molar-refractivity contribution in [3.63, 3.8) is 0 Å². The number of aryl methyl sites for hydroxylation is 2. The molecular weight excluding hydrogens is 212 g/mol. The van der Waals surface area contributed by atoms with Gasteiger partial charge in [0.05, 0.1) is 0 Å². The van der Waals surface area contributed by atoms with Crippen LogP contribution in [0, 0.1) is 6.92 Å². The van der Waals surface area contributed by atoms with Gasteiger partial charge < -0.3 is 10.6 Å². The molecule has 0 bridgehead atoms. The van der Waals surface area contributed by atoms with E-state index >= 15 is 0 Å². The third-order valence-corrected chi connectivity index (χ3v) is 3.15. The molecule has 1 atom stereocenters. The van der Waals surface area contributed by atoms with E-state index in [1.54, 1.807) is 0 Å². The molecule has 17 heavy (non-hydrogen) atoms. The van der Waals surface area contributed by atoms with Crippen LogP contribution in [0.15, 0.2) is 18.2 Å². The van der Waals surface area contributed by atoms with Crippen LogP contribution in [-0.4, -0.2) is 18.5 Å². The standard InChI is InChI=1S/C14H20N2O/c1-10-5-6-13-12(8-10)4-3-7-16(13)14(17)9-11(2)15/h5-6,8,11H,3-4,7,9,15H2,1-2H3. The summed E-state index contributed by atoms with van der Waals surface area (Å²) in [5.74, 6) is 0.143. The predicted octanol–water partition coefficient (Wildman–Crippen LogP) is 2.01. The highest BCUT2D eigenvalue weighted by atomic mass is 16.2. The molecule has 1 amide bonds. The van der Waals surface area contributed by atoms with Crippen molar-refractivity contribution in [3.05, 3.63) is 29.3 Å². The van der Waals surface area contributed by atoms with Gasteiger partial charge in [-0.3, -0.25) is 4.79 Å². The zero-order chi connectivity index (χ0) is 12.4. The number of anilines is 1. The maximum Gasteiger partial charge on any atom is 0.228 e. The van der Waals surface area contributed by atoms with Gasteiger partial charge in [-0.2, -0.15) is 0 Å². The summed E-state index contributed by atoms with van der Waals surface area (Å²) in [5, 5.41) is 0. The average molecular weight is 232 g/mol. The highest BCUT2D eigenvalue weighted by Gasteiger charge is 2.22. The number of amides is 1. The van der Waals surface area contributed by atoms with Crippen molar-refractivity contribution in [2.45, 2.75) is 39.2 Å². The molecule has 0 saturated carbocycles. The summed E-state index contributed by atoms with van der Waals surface area (Å²) < 4.78 is 0. The van der Waals surface area contributed by atoms with E-state index in [-0.39, 0.29) is 11.9 Å². The van der Waals surface area contributed by atoms with Crippen molar-refractivity contribution in [2.24, 2.45) is 5.73 Å². The molecule has 1 aromatic carbocycles. The van der Waals surface area contributed by atoms with Crippen LogP contribution in [0.2, 0.25) is 0 Å². The number of carbonyl (C=O) groups is 1. The van der Waals surface area contributed by atoms with Crippen LogP contribution in [-0.2, 0) is 11.2 Å². The normalized spacial score (nSPS) is 16.5. The second-order valence-electron chi connectivity index (χ2n) is 4.96. The molecule has 0 aliphatic carbocycles. The lowest BCUT2D eigenvalue weighted by atomic mass is 9.99. The van der Waals surface area contributed by atoms with Gasteiger partial charge in [-0.1, -0.05) is 17.7 Å². The fourth-order valence-corrected chi connectivity index (χ4v) is 2.37. The van der Waals surface area contributed by atoms with Crippen LogP contribution in [0.3, 0.4) is 0 Å². The van der Waals surface area contributed by atoms with E-state index in [2.05, 4.69) is 25.1 Å². The molecule has 1 aliphatic heterocycles. The quantitative estimate of drug-likeness (QED) is 0.848. The summed E-state index contributed by atoms with van der Waals surface area (Å²) in [6.45, 7) is 4.78. The number of hydrogen-bond acceptors (Lipinski definition) is 2. The first-order chi connectivity index (χ1) is 8.08. The van der Waals surface area contributed by atoms with Crippen LogP contribution in [0.1, 0.15) is 30.9 Å². The average Bonchev–Trinajstić information content (AvgIpc) is 2.26. The Balaban J connectivity index is 2.25. The zero-order valence-corrected chi connectivity index (χ0v) is 10.6. The van der Waals surface area contributed by atoms with Crippen LogP contribution >= 0.6 is 0 Å². The summed E-state index contributed by atoms with van der Waals surface area (Å²) in [7, 11) is 0. The van der Waals surface area contributed by atoms with Crippen LogP contribution in [0.5, 0.6) is 0 Å². The van der Waals surface area contributed by atoms with E-state index in [4.69, 9.17) is 5.73 Å². The highest BCUT2D eigenvalue weighted by molar-refractivity contribution is 5.94. The lowest BCUT2D eigenvalue weighted by Gasteiger charge is -2.30. The Bertz CT molecular complexity index is 426. The van der Waals surface area contributed by atoms with Crippen molar-refractivity contribution < 1.29 is 4.79 Å². The maximum atomic E-state index is 12.1. The second-order valence-corrected chi connectivity index (χ2v) is 4.96. The summed E-state index contributed by atoms with van der Waals surface area (Å²) in [6.07, 6.45) is 2.54. The van der Waals surface area contributed by atoms with Gasteiger partial charge in [-0.25, -0.2) is 0 Å². The smallest absolute Gasteiger partial charge is 0.228 e. The van der Waals surface area contributed by atoms with Crippen molar-refractivity contribution >= 4 is 11.6 Å². The minimum Gasteiger partial charge on any atom is -0.327 e. The molecule has 2 rings (SSSR count). The molecule has 0 radical (unpaired) electrons. The molecule has 1 unspecified atom stereocenters. The molecule has 0 spiro atoms. The van der Waals surface area contributed by atoms with Gasteiger partial charge in [-0.05, 0) is 38.3 Å². The lowest BCUT2D eigenvalue weighted by molar-refractivity contribution is -0.118. The molecule has 1 aromatic rings. The van der Waals surface area contributed by atoms with Crippen LogP contribution in [0.25, 0.3) is 0 Å². The van der Waals surface area contributed by atoms with Gasteiger partial charge in [0, 0.05) is 24.7 Å².